The third kappa shape index (κ3) is 3.64. The van der Waals surface area contributed by atoms with E-state index >= 15 is 0 Å². The summed E-state index contributed by atoms with van der Waals surface area (Å²) in [5.41, 5.74) is 1.74. The second kappa shape index (κ2) is 7.00. The summed E-state index contributed by atoms with van der Waals surface area (Å²) in [5, 5.41) is 3.52. The Bertz CT molecular complexity index is 673. The van der Waals surface area contributed by atoms with Crippen molar-refractivity contribution in [2.24, 2.45) is 0 Å². The maximum atomic E-state index is 6.13. The van der Waals surface area contributed by atoms with Gasteiger partial charge in [0.05, 0.1) is 0 Å². The van der Waals surface area contributed by atoms with Gasteiger partial charge in [-0.3, -0.25) is 0 Å². The van der Waals surface area contributed by atoms with Gasteiger partial charge in [-0.15, -0.1) is 0 Å². The van der Waals surface area contributed by atoms with E-state index in [1.165, 1.54) is 6.33 Å². The van der Waals surface area contributed by atoms with E-state index in [1.54, 1.807) is 0 Å². The van der Waals surface area contributed by atoms with Gasteiger partial charge in [0.2, 0.25) is 5.88 Å². The molecule has 0 unspecified atom stereocenters. The fourth-order valence-corrected chi connectivity index (χ4v) is 2.97. The van der Waals surface area contributed by atoms with Crippen LogP contribution in [-0.4, -0.2) is 41.2 Å². The first-order chi connectivity index (χ1) is 11.2. The normalized spacial score (nSPS) is 15.5. The van der Waals surface area contributed by atoms with E-state index in [0.29, 0.717) is 11.0 Å². The number of rotatable bonds is 4. The van der Waals surface area contributed by atoms with Crippen LogP contribution in [0.1, 0.15) is 18.5 Å². The van der Waals surface area contributed by atoms with E-state index < -0.39 is 0 Å². The Morgan fingerprint density at radius 1 is 1.26 bits per heavy atom. The van der Waals surface area contributed by atoms with Crippen LogP contribution in [0.2, 0.25) is 5.15 Å². The van der Waals surface area contributed by atoms with E-state index in [2.05, 4.69) is 25.2 Å². The average Bonchev–Trinajstić information content (AvgIpc) is 2.55. The molecular weight excluding hydrogens is 314 g/mol. The first kappa shape index (κ1) is 15.8. The van der Waals surface area contributed by atoms with Crippen molar-refractivity contribution in [3.8, 4) is 5.88 Å². The van der Waals surface area contributed by atoms with Crippen LogP contribution >= 0.6 is 11.6 Å². The predicted molar refractivity (Wildman–Crippen MR) is 91.4 cm³/mol. The minimum absolute atomic E-state index is 0.177. The Morgan fingerprint density at radius 3 is 2.74 bits per heavy atom. The van der Waals surface area contributed by atoms with Gasteiger partial charge in [-0.1, -0.05) is 17.7 Å². The SMILES string of the molecule is CNc1c(Cl)ncnc1N1CCC(Oc2cccc(C)n2)CC1. The molecule has 0 aromatic carbocycles. The standard InChI is InChI=1S/C16H20ClN5O/c1-11-4-3-5-13(21-11)23-12-6-8-22(9-7-12)16-14(18-2)15(17)19-10-20-16/h3-5,10,12,18H,6-9H2,1-2H3. The summed E-state index contributed by atoms with van der Waals surface area (Å²) in [6.07, 6.45) is 3.51. The van der Waals surface area contributed by atoms with Crippen LogP contribution in [0.3, 0.4) is 0 Å². The molecule has 7 heteroatoms. The molecule has 1 fully saturated rings. The van der Waals surface area contributed by atoms with Crippen molar-refractivity contribution in [1.29, 1.82) is 0 Å². The molecule has 6 nitrogen and oxygen atoms in total. The molecule has 0 bridgehead atoms. The van der Waals surface area contributed by atoms with Gasteiger partial charge in [0, 0.05) is 44.7 Å². The third-order valence-electron chi connectivity index (χ3n) is 3.92. The van der Waals surface area contributed by atoms with Crippen LogP contribution < -0.4 is 15.0 Å². The molecule has 2 aromatic rings. The van der Waals surface area contributed by atoms with E-state index in [9.17, 15) is 0 Å². The first-order valence-corrected chi connectivity index (χ1v) is 8.08. The lowest BCUT2D eigenvalue weighted by Crippen LogP contribution is -2.39. The monoisotopic (exact) mass is 333 g/mol. The Hall–Kier alpha value is -2.08. The Balaban J connectivity index is 1.64. The van der Waals surface area contributed by atoms with Crippen LogP contribution in [0.15, 0.2) is 24.5 Å². The zero-order valence-electron chi connectivity index (χ0n) is 13.3. The molecule has 0 aliphatic carbocycles. The molecular formula is C16H20ClN5O. The van der Waals surface area contributed by atoms with E-state index in [-0.39, 0.29) is 6.10 Å². The molecule has 0 radical (unpaired) electrons. The minimum Gasteiger partial charge on any atom is -0.474 e. The predicted octanol–water partition coefficient (Wildman–Crippen LogP) is 2.92. The fraction of sp³-hybridized carbons (Fsp3) is 0.438. The highest BCUT2D eigenvalue weighted by Crippen LogP contribution is 2.31. The first-order valence-electron chi connectivity index (χ1n) is 7.71. The fourth-order valence-electron chi connectivity index (χ4n) is 2.75. The van der Waals surface area contributed by atoms with Crippen molar-refractivity contribution in [1.82, 2.24) is 15.0 Å². The molecule has 0 atom stereocenters. The summed E-state index contributed by atoms with van der Waals surface area (Å²) in [7, 11) is 1.83. The number of anilines is 2. The number of nitrogens with one attached hydrogen (secondary N) is 1. The van der Waals surface area contributed by atoms with Gasteiger partial charge in [-0.05, 0) is 13.0 Å². The molecule has 122 valence electrons. The Labute approximate surface area is 140 Å². The van der Waals surface area contributed by atoms with Crippen molar-refractivity contribution in [2.75, 3.05) is 30.4 Å². The summed E-state index contributed by atoms with van der Waals surface area (Å²) >= 11 is 6.13. The Kier molecular flexibility index (Phi) is 4.81. The molecule has 23 heavy (non-hydrogen) atoms. The maximum Gasteiger partial charge on any atom is 0.213 e. The van der Waals surface area contributed by atoms with E-state index in [1.807, 2.05) is 32.2 Å². The summed E-state index contributed by atoms with van der Waals surface area (Å²) in [5.74, 6) is 1.55. The molecule has 0 spiro atoms. The number of aromatic nitrogens is 3. The highest BCUT2D eigenvalue weighted by atomic mass is 35.5. The smallest absolute Gasteiger partial charge is 0.213 e. The quantitative estimate of drug-likeness (QED) is 0.868. The lowest BCUT2D eigenvalue weighted by Gasteiger charge is -2.33. The lowest BCUT2D eigenvalue weighted by atomic mass is 10.1. The highest BCUT2D eigenvalue weighted by Gasteiger charge is 2.24. The molecule has 2 aromatic heterocycles. The largest absolute Gasteiger partial charge is 0.474 e. The summed E-state index contributed by atoms with van der Waals surface area (Å²) < 4.78 is 5.99. The number of aryl methyl sites for hydroxylation is 1. The number of nitrogens with zero attached hydrogens (tertiary/aromatic N) is 4. The number of piperidine rings is 1. The van der Waals surface area contributed by atoms with Gasteiger partial charge < -0.3 is 15.0 Å². The molecule has 0 amide bonds. The second-order valence-corrected chi connectivity index (χ2v) is 5.89. The third-order valence-corrected chi connectivity index (χ3v) is 4.21. The molecule has 0 saturated carbocycles. The molecule has 3 rings (SSSR count). The van der Waals surface area contributed by atoms with Crippen LogP contribution in [0.4, 0.5) is 11.5 Å². The molecule has 3 heterocycles. The van der Waals surface area contributed by atoms with Crippen molar-refractivity contribution >= 4 is 23.1 Å². The van der Waals surface area contributed by atoms with E-state index in [0.717, 1.165) is 43.1 Å². The molecule has 1 aliphatic rings. The molecule has 1 N–H and O–H groups in total. The highest BCUT2D eigenvalue weighted by molar-refractivity contribution is 6.32. The van der Waals surface area contributed by atoms with Gasteiger partial charge in [0.15, 0.2) is 11.0 Å². The number of hydrogen-bond donors (Lipinski definition) is 1. The second-order valence-electron chi connectivity index (χ2n) is 5.53. The van der Waals surface area contributed by atoms with Crippen molar-refractivity contribution < 1.29 is 4.74 Å². The topological polar surface area (TPSA) is 63.2 Å². The molecule has 1 aliphatic heterocycles. The van der Waals surface area contributed by atoms with Crippen molar-refractivity contribution in [2.45, 2.75) is 25.9 Å². The van der Waals surface area contributed by atoms with Gasteiger partial charge in [-0.25, -0.2) is 15.0 Å². The van der Waals surface area contributed by atoms with Gasteiger partial charge in [0.25, 0.3) is 0 Å². The molecule has 1 saturated heterocycles. The summed E-state index contributed by atoms with van der Waals surface area (Å²) in [4.78, 5) is 15.0. The van der Waals surface area contributed by atoms with Crippen LogP contribution in [0.25, 0.3) is 0 Å². The zero-order valence-corrected chi connectivity index (χ0v) is 14.0. The number of hydrogen-bond acceptors (Lipinski definition) is 6. The zero-order chi connectivity index (χ0) is 16.2. The van der Waals surface area contributed by atoms with Gasteiger partial charge >= 0.3 is 0 Å². The average molecular weight is 334 g/mol. The van der Waals surface area contributed by atoms with Crippen LogP contribution in [-0.2, 0) is 0 Å². The van der Waals surface area contributed by atoms with Crippen molar-refractivity contribution in [3.05, 3.63) is 35.4 Å². The summed E-state index contributed by atoms with van der Waals surface area (Å²) in [6, 6.07) is 5.84. The maximum absolute atomic E-state index is 6.13. The number of pyridine rings is 1. The lowest BCUT2D eigenvalue weighted by molar-refractivity contribution is 0.163. The van der Waals surface area contributed by atoms with Crippen LogP contribution in [0, 0.1) is 6.92 Å². The summed E-state index contributed by atoms with van der Waals surface area (Å²) in [6.45, 7) is 3.69. The van der Waals surface area contributed by atoms with Crippen LogP contribution in [0.5, 0.6) is 5.88 Å². The van der Waals surface area contributed by atoms with Crippen molar-refractivity contribution in [3.63, 3.8) is 0 Å². The van der Waals surface area contributed by atoms with Gasteiger partial charge in [0.1, 0.15) is 18.1 Å². The van der Waals surface area contributed by atoms with E-state index in [4.69, 9.17) is 16.3 Å². The minimum atomic E-state index is 0.177. The number of halogens is 1. The number of ether oxygens (including phenoxy) is 1. The Morgan fingerprint density at radius 2 is 2.04 bits per heavy atom. The van der Waals surface area contributed by atoms with Gasteiger partial charge in [-0.2, -0.15) is 0 Å².